The van der Waals surface area contributed by atoms with Crippen LogP contribution in [0.1, 0.15) is 23.5 Å². The number of allylic oxidation sites excluding steroid dienone is 4. The van der Waals surface area contributed by atoms with Gasteiger partial charge in [0.15, 0.2) is 0 Å². The maximum Gasteiger partial charge on any atom is 0.145 e. The van der Waals surface area contributed by atoms with Crippen LogP contribution in [0.15, 0.2) is 237 Å². The van der Waals surface area contributed by atoms with Gasteiger partial charge in [-0.3, -0.25) is 4.57 Å². The van der Waals surface area contributed by atoms with Crippen molar-refractivity contribution in [1.82, 2.24) is 9.55 Å². The summed E-state index contributed by atoms with van der Waals surface area (Å²) in [6, 6.07) is 78.2. The fraction of sp³-hybridized carbons (Fsp3) is 0.0317. The van der Waals surface area contributed by atoms with Gasteiger partial charge in [0.1, 0.15) is 5.65 Å². The Labute approximate surface area is 377 Å². The van der Waals surface area contributed by atoms with Gasteiger partial charge in [0, 0.05) is 28.6 Å². The highest BCUT2D eigenvalue weighted by atomic mass is 15.0. The summed E-state index contributed by atoms with van der Waals surface area (Å²) in [5.74, 6) is 0.281. The molecule has 304 valence electrons. The van der Waals surface area contributed by atoms with Crippen LogP contribution < -0.4 is 0 Å². The fourth-order valence-electron chi connectivity index (χ4n) is 10.6. The average molecular weight is 827 g/mol. The Morgan fingerprint density at radius 3 is 1.72 bits per heavy atom. The van der Waals surface area contributed by atoms with Crippen LogP contribution in [-0.2, 0) is 0 Å². The number of hydrogen-bond donors (Lipinski definition) is 0. The highest BCUT2D eigenvalue weighted by Gasteiger charge is 2.20. The fourth-order valence-corrected chi connectivity index (χ4v) is 10.6. The van der Waals surface area contributed by atoms with Crippen molar-refractivity contribution in [1.29, 1.82) is 0 Å². The van der Waals surface area contributed by atoms with Gasteiger partial charge >= 0.3 is 0 Å². The van der Waals surface area contributed by atoms with E-state index in [1.165, 1.54) is 109 Å². The van der Waals surface area contributed by atoms with E-state index in [4.69, 9.17) is 4.98 Å². The van der Waals surface area contributed by atoms with Gasteiger partial charge in [-0.2, -0.15) is 0 Å². The number of nitrogens with zero attached hydrogens (tertiary/aromatic N) is 2. The molecule has 0 saturated carbocycles. The summed E-state index contributed by atoms with van der Waals surface area (Å²) in [7, 11) is 0. The molecule has 0 spiro atoms. The van der Waals surface area contributed by atoms with Crippen LogP contribution in [0.3, 0.4) is 0 Å². The van der Waals surface area contributed by atoms with E-state index in [1.807, 2.05) is 12.3 Å². The molecule has 1 aliphatic rings. The number of hydrogen-bond acceptors (Lipinski definition) is 1. The van der Waals surface area contributed by atoms with Gasteiger partial charge in [-0.05, 0) is 154 Å². The third kappa shape index (κ3) is 6.29. The molecule has 1 unspecified atom stereocenters. The Kier molecular flexibility index (Phi) is 8.70. The van der Waals surface area contributed by atoms with E-state index >= 15 is 0 Å². The molecule has 65 heavy (non-hydrogen) atoms. The van der Waals surface area contributed by atoms with Crippen LogP contribution in [0.4, 0.5) is 0 Å². The molecule has 2 aromatic heterocycles. The molecule has 1 aliphatic carbocycles. The first-order valence-electron chi connectivity index (χ1n) is 22.6. The molecule has 13 rings (SSSR count). The molecule has 2 heteroatoms. The van der Waals surface area contributed by atoms with Crippen molar-refractivity contribution in [3.63, 3.8) is 0 Å². The molecule has 0 fully saturated rings. The van der Waals surface area contributed by atoms with Crippen LogP contribution in [0.2, 0.25) is 0 Å². The molecule has 0 radical (unpaired) electrons. The predicted molar refractivity (Wildman–Crippen MR) is 276 cm³/mol. The largest absolute Gasteiger partial charge is 0.294 e. The molecule has 0 bridgehead atoms. The highest BCUT2D eigenvalue weighted by molar-refractivity contribution is 6.22. The van der Waals surface area contributed by atoms with Gasteiger partial charge in [-0.25, -0.2) is 4.98 Å². The molecule has 0 aliphatic heterocycles. The lowest BCUT2D eigenvalue weighted by molar-refractivity contribution is 0.857. The number of para-hydroxylation sites is 1. The number of fused-ring (bicyclic) bond motifs is 7. The van der Waals surface area contributed by atoms with Crippen LogP contribution in [0, 0.1) is 0 Å². The minimum absolute atomic E-state index is 0.281. The summed E-state index contributed by atoms with van der Waals surface area (Å²) in [6.07, 6.45) is 9.96. The summed E-state index contributed by atoms with van der Waals surface area (Å²) < 4.78 is 2.27. The van der Waals surface area contributed by atoms with Crippen LogP contribution in [0.25, 0.3) is 110 Å². The zero-order valence-corrected chi connectivity index (χ0v) is 35.7. The maximum absolute atomic E-state index is 4.82. The molecule has 0 saturated heterocycles. The first-order valence-corrected chi connectivity index (χ1v) is 22.6. The number of rotatable bonds is 6. The number of pyridine rings is 1. The lowest BCUT2D eigenvalue weighted by Crippen LogP contribution is -1.99. The maximum atomic E-state index is 4.82. The number of aromatic nitrogens is 2. The van der Waals surface area contributed by atoms with Gasteiger partial charge in [0.25, 0.3) is 0 Å². The van der Waals surface area contributed by atoms with E-state index in [9.17, 15) is 0 Å². The second-order valence-electron chi connectivity index (χ2n) is 17.4. The normalized spacial score (nSPS) is 14.0. The van der Waals surface area contributed by atoms with Gasteiger partial charge in [-0.1, -0.05) is 176 Å². The Hall–Kier alpha value is -8.33. The summed E-state index contributed by atoms with van der Waals surface area (Å²) in [4.78, 5) is 4.82. The molecular formula is C63H42N2. The van der Waals surface area contributed by atoms with E-state index in [2.05, 4.69) is 229 Å². The van der Waals surface area contributed by atoms with Gasteiger partial charge in [0.2, 0.25) is 0 Å². The third-order valence-electron chi connectivity index (χ3n) is 13.7. The molecule has 2 heterocycles. The molecular weight excluding hydrogens is 785 g/mol. The molecule has 1 atom stereocenters. The molecule has 0 N–H and O–H groups in total. The monoisotopic (exact) mass is 826 g/mol. The highest BCUT2D eigenvalue weighted by Crippen LogP contribution is 2.46. The molecule has 0 amide bonds. The number of benzene rings is 10. The standard InChI is InChI=1S/C63H42N2/c1-2-18-53(19-3-1)65-60-34-32-49(39-58(60)57-22-11-35-64-63(57)65)44-25-23-43(24-26-44)47-16-10-17-48(36-47)50-31-33-56-59(40-50)62(52-30-28-42-13-5-7-15-46(42)38-52)55-21-9-8-20-54(55)61(56)51-29-27-41-12-4-6-14-45(41)37-51/h1-23,25-40,43H,24H2. The topological polar surface area (TPSA) is 17.8 Å². The van der Waals surface area contributed by atoms with E-state index in [1.54, 1.807) is 0 Å². The lowest BCUT2D eigenvalue weighted by Gasteiger charge is -2.20. The second-order valence-corrected chi connectivity index (χ2v) is 17.4. The SMILES string of the molecule is C1=CC(c2cccc(-c3ccc4c(-c5ccc6ccccc6c5)c5ccccc5c(-c5ccc6ccccc6c5)c4c3)c2)CC=C1c1ccc2c(c1)c1cccnc1n2-c1ccccc1. The van der Waals surface area contributed by atoms with Gasteiger partial charge in [-0.15, -0.1) is 0 Å². The summed E-state index contributed by atoms with van der Waals surface area (Å²) in [6.45, 7) is 0. The first-order chi connectivity index (χ1) is 32.2. The zero-order valence-electron chi connectivity index (χ0n) is 35.7. The lowest BCUT2D eigenvalue weighted by atomic mass is 9.83. The average Bonchev–Trinajstić information content (AvgIpc) is 3.71. The van der Waals surface area contributed by atoms with Crippen molar-refractivity contribution in [3.8, 4) is 39.1 Å². The summed E-state index contributed by atoms with van der Waals surface area (Å²) in [5, 5.41) is 12.4. The quantitative estimate of drug-likeness (QED) is 0.153. The Balaban J connectivity index is 0.895. The van der Waals surface area contributed by atoms with E-state index in [-0.39, 0.29) is 5.92 Å². The van der Waals surface area contributed by atoms with E-state index in [0.717, 1.165) is 17.8 Å². The minimum atomic E-state index is 0.281. The Morgan fingerprint density at radius 2 is 1.00 bits per heavy atom. The second kappa shape index (κ2) is 15.2. The van der Waals surface area contributed by atoms with Crippen LogP contribution in [-0.4, -0.2) is 9.55 Å². The van der Waals surface area contributed by atoms with Crippen molar-refractivity contribution in [2.75, 3.05) is 0 Å². The first kappa shape index (κ1) is 37.2. The molecule has 10 aromatic carbocycles. The minimum Gasteiger partial charge on any atom is -0.294 e. The third-order valence-corrected chi connectivity index (χ3v) is 13.7. The van der Waals surface area contributed by atoms with Crippen molar-refractivity contribution in [2.24, 2.45) is 0 Å². The van der Waals surface area contributed by atoms with Gasteiger partial charge < -0.3 is 0 Å². The summed E-state index contributed by atoms with van der Waals surface area (Å²) >= 11 is 0. The summed E-state index contributed by atoms with van der Waals surface area (Å²) in [5.41, 5.74) is 14.5. The Bertz CT molecular complexity index is 3920. The molecule has 12 aromatic rings. The zero-order chi connectivity index (χ0) is 42.8. The van der Waals surface area contributed by atoms with E-state index in [0.29, 0.717) is 0 Å². The Morgan fingerprint density at radius 1 is 0.400 bits per heavy atom. The van der Waals surface area contributed by atoms with E-state index < -0.39 is 0 Å². The van der Waals surface area contributed by atoms with Crippen molar-refractivity contribution in [2.45, 2.75) is 12.3 Å². The predicted octanol–water partition coefficient (Wildman–Crippen LogP) is 16.9. The van der Waals surface area contributed by atoms with Crippen molar-refractivity contribution < 1.29 is 0 Å². The van der Waals surface area contributed by atoms with Crippen molar-refractivity contribution in [3.05, 3.63) is 248 Å². The van der Waals surface area contributed by atoms with Crippen molar-refractivity contribution >= 4 is 70.6 Å². The van der Waals surface area contributed by atoms with Crippen LogP contribution in [0.5, 0.6) is 0 Å². The van der Waals surface area contributed by atoms with Crippen LogP contribution >= 0.6 is 0 Å². The smallest absolute Gasteiger partial charge is 0.145 e. The van der Waals surface area contributed by atoms with Gasteiger partial charge in [0.05, 0.1) is 5.52 Å². The molecule has 2 nitrogen and oxygen atoms in total.